The number of hydrogen-bond acceptors (Lipinski definition) is 6. The number of hydrogen-bond donors (Lipinski definition) is 3. The Morgan fingerprint density at radius 2 is 1.78 bits per heavy atom. The summed E-state index contributed by atoms with van der Waals surface area (Å²) in [5.74, 6) is 1.32. The number of halogens is 1. The Morgan fingerprint density at radius 1 is 1.08 bits per heavy atom. The summed E-state index contributed by atoms with van der Waals surface area (Å²) in [5.41, 5.74) is 4.92. The molecule has 8 heteroatoms. The number of aryl methyl sites for hydroxylation is 1. The number of nitrogens with zero attached hydrogens (tertiary/aromatic N) is 2. The number of ether oxygens (including phenoxy) is 1. The molecule has 2 aromatic carbocycles. The minimum atomic E-state index is -0.0163. The maximum atomic E-state index is 12.8. The molecule has 2 heterocycles. The van der Waals surface area contributed by atoms with E-state index in [2.05, 4.69) is 27.6 Å². The second-order valence-corrected chi connectivity index (χ2v) is 8.70. The van der Waals surface area contributed by atoms with Crippen LogP contribution in [0.4, 0.5) is 10.4 Å². The van der Waals surface area contributed by atoms with E-state index in [0.29, 0.717) is 17.1 Å². The topological polar surface area (TPSA) is 90.3 Å². The molecule has 0 atom stereocenters. The minimum Gasteiger partial charge on any atom is -0.457 e. The van der Waals surface area contributed by atoms with Crippen molar-refractivity contribution in [3.8, 4) is 22.8 Å². The highest BCUT2D eigenvalue weighted by Crippen LogP contribution is 2.29. The van der Waals surface area contributed by atoms with Crippen LogP contribution in [0.1, 0.15) is 48.2 Å². The van der Waals surface area contributed by atoms with Crippen molar-refractivity contribution in [2.24, 2.45) is 0 Å². The fraction of sp³-hybridized carbons (Fsp3) is 0.345. The summed E-state index contributed by atoms with van der Waals surface area (Å²) in [6, 6.07) is 15.3. The highest BCUT2D eigenvalue weighted by molar-refractivity contribution is 5.96. The first-order valence-corrected chi connectivity index (χ1v) is 12.5. The standard InChI is InChI=1S/C27H31N5O2.C2H6.FH/c1-18-14-19(5-7-24(18)27(33)31-21-9-12-32(3)13-10-21)26-16-23(8-11-30-26)34-22-6-4-20(17-28)25(15-22)29-2;1-2;/h4-8,11,14-17,21,28-29H,9-10,12-13H2,1-3H3,(H,31,33);1-2H3;1H. The molecule has 4 rings (SSSR count). The summed E-state index contributed by atoms with van der Waals surface area (Å²) < 4.78 is 6.04. The third-order valence-electron chi connectivity index (χ3n) is 6.24. The molecule has 37 heavy (non-hydrogen) atoms. The fourth-order valence-corrected chi connectivity index (χ4v) is 4.20. The Bertz CT molecular complexity index is 1190. The molecule has 7 nitrogen and oxygen atoms in total. The third kappa shape index (κ3) is 7.60. The molecule has 1 aliphatic heterocycles. The first-order chi connectivity index (χ1) is 17.5. The molecule has 0 radical (unpaired) electrons. The number of nitrogens with one attached hydrogen (secondary N) is 3. The van der Waals surface area contributed by atoms with Gasteiger partial charge in [-0.05, 0) is 75.8 Å². The van der Waals surface area contributed by atoms with Gasteiger partial charge in [-0.1, -0.05) is 19.9 Å². The van der Waals surface area contributed by atoms with Crippen molar-refractivity contribution < 1.29 is 14.2 Å². The number of pyridine rings is 1. The molecule has 0 aliphatic carbocycles. The first kappa shape index (κ1) is 29.5. The highest BCUT2D eigenvalue weighted by Gasteiger charge is 2.20. The van der Waals surface area contributed by atoms with Crippen LogP contribution in [-0.4, -0.2) is 55.2 Å². The first-order valence-electron chi connectivity index (χ1n) is 12.5. The summed E-state index contributed by atoms with van der Waals surface area (Å²) in [6.07, 6.45) is 4.98. The Balaban J connectivity index is 0.00000157. The van der Waals surface area contributed by atoms with Crippen LogP contribution in [0, 0.1) is 12.3 Å². The average molecular weight is 508 g/mol. The minimum absolute atomic E-state index is 0. The number of piperidine rings is 1. The number of aromatic nitrogens is 1. The molecule has 0 unspecified atom stereocenters. The van der Waals surface area contributed by atoms with E-state index in [-0.39, 0.29) is 16.7 Å². The van der Waals surface area contributed by atoms with E-state index >= 15 is 0 Å². The van der Waals surface area contributed by atoms with Crippen LogP contribution in [0.15, 0.2) is 54.7 Å². The van der Waals surface area contributed by atoms with Crippen molar-refractivity contribution in [1.29, 1.82) is 5.41 Å². The molecule has 0 bridgehead atoms. The predicted molar refractivity (Wildman–Crippen MR) is 150 cm³/mol. The van der Waals surface area contributed by atoms with Gasteiger partial charge in [-0.15, -0.1) is 0 Å². The van der Waals surface area contributed by atoms with Crippen molar-refractivity contribution in [2.75, 3.05) is 32.5 Å². The summed E-state index contributed by atoms with van der Waals surface area (Å²) in [4.78, 5) is 19.6. The summed E-state index contributed by atoms with van der Waals surface area (Å²) in [6.45, 7) is 7.98. The summed E-state index contributed by atoms with van der Waals surface area (Å²) in [5, 5.41) is 13.8. The Morgan fingerprint density at radius 3 is 2.43 bits per heavy atom. The van der Waals surface area contributed by atoms with Gasteiger partial charge in [-0.2, -0.15) is 0 Å². The van der Waals surface area contributed by atoms with Gasteiger partial charge in [-0.3, -0.25) is 14.5 Å². The zero-order chi connectivity index (χ0) is 26.1. The molecule has 1 amide bonds. The van der Waals surface area contributed by atoms with Gasteiger partial charge >= 0.3 is 0 Å². The maximum absolute atomic E-state index is 12.8. The molecular weight excluding hydrogens is 469 g/mol. The largest absolute Gasteiger partial charge is 0.457 e. The van der Waals surface area contributed by atoms with Crippen molar-refractivity contribution in [3.05, 3.63) is 71.4 Å². The fourth-order valence-electron chi connectivity index (χ4n) is 4.20. The molecule has 198 valence electrons. The lowest BCUT2D eigenvalue weighted by molar-refractivity contribution is 0.0916. The molecule has 1 aromatic heterocycles. The van der Waals surface area contributed by atoms with Gasteiger partial charge in [-0.25, -0.2) is 0 Å². The van der Waals surface area contributed by atoms with Crippen molar-refractivity contribution in [3.63, 3.8) is 0 Å². The van der Waals surface area contributed by atoms with Crippen LogP contribution in [0.5, 0.6) is 11.5 Å². The number of benzene rings is 2. The number of amides is 1. The van der Waals surface area contributed by atoms with Crippen LogP contribution in [0.2, 0.25) is 0 Å². The van der Waals surface area contributed by atoms with Gasteiger partial charge < -0.3 is 25.7 Å². The number of likely N-dealkylation sites (tertiary alicyclic amines) is 1. The highest BCUT2D eigenvalue weighted by atomic mass is 19.0. The molecule has 3 aromatic rings. The van der Waals surface area contributed by atoms with Gasteiger partial charge in [0.15, 0.2) is 0 Å². The second-order valence-electron chi connectivity index (χ2n) is 8.70. The molecular formula is C29H38FN5O2. The zero-order valence-electron chi connectivity index (χ0n) is 22.3. The molecule has 1 aliphatic rings. The molecule has 1 saturated heterocycles. The molecule has 0 spiro atoms. The molecule has 1 fully saturated rings. The lowest BCUT2D eigenvalue weighted by atomic mass is 10.0. The van der Waals surface area contributed by atoms with Crippen LogP contribution in [0.25, 0.3) is 11.3 Å². The predicted octanol–water partition coefficient (Wildman–Crippen LogP) is 5.89. The summed E-state index contributed by atoms with van der Waals surface area (Å²) in [7, 11) is 3.93. The Hall–Kier alpha value is -3.78. The van der Waals surface area contributed by atoms with Crippen LogP contribution in [0.3, 0.4) is 0 Å². The van der Waals surface area contributed by atoms with E-state index in [9.17, 15) is 4.79 Å². The van der Waals surface area contributed by atoms with E-state index in [1.807, 2.05) is 76.3 Å². The number of carbonyl (C=O) groups excluding carboxylic acids is 1. The van der Waals surface area contributed by atoms with Gasteiger partial charge in [0.25, 0.3) is 5.91 Å². The van der Waals surface area contributed by atoms with Gasteiger partial charge in [0, 0.05) is 60.0 Å². The van der Waals surface area contributed by atoms with Gasteiger partial charge in [0.2, 0.25) is 0 Å². The lowest BCUT2D eigenvalue weighted by Crippen LogP contribution is -2.43. The van der Waals surface area contributed by atoms with E-state index in [4.69, 9.17) is 10.1 Å². The Labute approximate surface area is 219 Å². The molecule has 0 saturated carbocycles. The zero-order valence-corrected chi connectivity index (χ0v) is 22.3. The van der Waals surface area contributed by atoms with E-state index in [0.717, 1.165) is 54.0 Å². The van der Waals surface area contributed by atoms with Crippen molar-refractivity contribution in [2.45, 2.75) is 39.7 Å². The van der Waals surface area contributed by atoms with E-state index in [1.165, 1.54) is 6.21 Å². The summed E-state index contributed by atoms with van der Waals surface area (Å²) >= 11 is 0. The molecule has 3 N–H and O–H groups in total. The third-order valence-corrected chi connectivity index (χ3v) is 6.24. The maximum Gasteiger partial charge on any atom is 0.251 e. The smallest absolute Gasteiger partial charge is 0.251 e. The number of anilines is 1. The van der Waals surface area contributed by atoms with Gasteiger partial charge in [0.1, 0.15) is 11.5 Å². The Kier molecular flexibility index (Phi) is 11.2. The van der Waals surface area contributed by atoms with Crippen molar-refractivity contribution in [1.82, 2.24) is 15.2 Å². The quantitative estimate of drug-likeness (QED) is 0.347. The van der Waals surface area contributed by atoms with Crippen LogP contribution in [-0.2, 0) is 0 Å². The SMILES string of the molecule is CC.CNc1cc(Oc2ccnc(-c3ccc(C(=O)NC4CCN(C)CC4)c(C)c3)c2)ccc1C=N.F. The van der Waals surface area contributed by atoms with E-state index < -0.39 is 0 Å². The van der Waals surface area contributed by atoms with Crippen molar-refractivity contribution >= 4 is 17.8 Å². The lowest BCUT2D eigenvalue weighted by Gasteiger charge is -2.29. The number of rotatable bonds is 7. The van der Waals surface area contributed by atoms with Gasteiger partial charge in [0.05, 0.1) is 5.69 Å². The number of carbonyl (C=O) groups is 1. The second kappa shape index (κ2) is 14.1. The normalized spacial score (nSPS) is 13.4. The van der Waals surface area contributed by atoms with Crippen LogP contribution >= 0.6 is 0 Å². The average Bonchev–Trinajstić information content (AvgIpc) is 2.91. The monoisotopic (exact) mass is 507 g/mol. The van der Waals surface area contributed by atoms with Crippen LogP contribution < -0.4 is 15.4 Å². The van der Waals surface area contributed by atoms with E-state index in [1.54, 1.807) is 6.20 Å².